The standard InChI is InChI=1S/C18H24N2O6/c1-4-25-16-6-5-14(8-15(16)20(23)24)18(22)26-11-17(21)19-9-12(2)7-13(3)10-19/h5-6,8,12-13H,4,7,9-11H2,1-3H3/t12-,13+. The number of nitro groups is 1. The maximum Gasteiger partial charge on any atom is 0.338 e. The van der Waals surface area contributed by atoms with E-state index in [-0.39, 0.29) is 36.1 Å². The Kier molecular flexibility index (Phi) is 6.54. The normalized spacial score (nSPS) is 19.7. The number of amides is 1. The van der Waals surface area contributed by atoms with Gasteiger partial charge in [-0.15, -0.1) is 0 Å². The van der Waals surface area contributed by atoms with Gasteiger partial charge in [0, 0.05) is 19.2 Å². The average molecular weight is 364 g/mol. The predicted octanol–water partition coefficient (Wildman–Crippen LogP) is 2.65. The van der Waals surface area contributed by atoms with Crippen LogP contribution in [0, 0.1) is 22.0 Å². The number of piperidine rings is 1. The Hall–Kier alpha value is -2.64. The first-order valence-electron chi connectivity index (χ1n) is 8.68. The second-order valence-electron chi connectivity index (χ2n) is 6.69. The quantitative estimate of drug-likeness (QED) is 0.437. The summed E-state index contributed by atoms with van der Waals surface area (Å²) < 4.78 is 10.2. The van der Waals surface area contributed by atoms with Crippen LogP contribution in [-0.4, -0.2) is 48.0 Å². The Labute approximate surface area is 152 Å². The van der Waals surface area contributed by atoms with Crippen molar-refractivity contribution < 1.29 is 24.0 Å². The van der Waals surface area contributed by atoms with Crippen LogP contribution in [-0.2, 0) is 9.53 Å². The third-order valence-corrected chi connectivity index (χ3v) is 4.24. The first-order chi connectivity index (χ1) is 12.3. The van der Waals surface area contributed by atoms with Gasteiger partial charge in [-0.1, -0.05) is 13.8 Å². The lowest BCUT2D eigenvalue weighted by Gasteiger charge is -2.34. The van der Waals surface area contributed by atoms with E-state index in [0.29, 0.717) is 24.9 Å². The molecule has 1 aromatic rings. The van der Waals surface area contributed by atoms with Crippen molar-refractivity contribution in [3.8, 4) is 5.75 Å². The molecule has 142 valence electrons. The minimum Gasteiger partial charge on any atom is -0.487 e. The van der Waals surface area contributed by atoms with Gasteiger partial charge in [0.2, 0.25) is 0 Å². The molecule has 1 heterocycles. The Morgan fingerprint density at radius 3 is 2.50 bits per heavy atom. The monoisotopic (exact) mass is 364 g/mol. The van der Waals surface area contributed by atoms with Crippen LogP contribution in [0.25, 0.3) is 0 Å². The van der Waals surface area contributed by atoms with Gasteiger partial charge in [0.15, 0.2) is 12.4 Å². The molecule has 0 aromatic heterocycles. The molecule has 0 saturated carbocycles. The molecule has 0 N–H and O–H groups in total. The van der Waals surface area contributed by atoms with Crippen LogP contribution in [0.3, 0.4) is 0 Å². The van der Waals surface area contributed by atoms with Crippen molar-refractivity contribution >= 4 is 17.6 Å². The lowest BCUT2D eigenvalue weighted by atomic mass is 9.92. The zero-order valence-electron chi connectivity index (χ0n) is 15.3. The van der Waals surface area contributed by atoms with Crippen molar-refractivity contribution in [1.29, 1.82) is 0 Å². The predicted molar refractivity (Wildman–Crippen MR) is 94.1 cm³/mol. The fourth-order valence-electron chi connectivity index (χ4n) is 3.23. The molecule has 0 spiro atoms. The number of carbonyl (C=O) groups excluding carboxylic acids is 2. The molecule has 1 aliphatic rings. The molecule has 2 atom stereocenters. The van der Waals surface area contributed by atoms with E-state index in [9.17, 15) is 19.7 Å². The van der Waals surface area contributed by atoms with E-state index >= 15 is 0 Å². The summed E-state index contributed by atoms with van der Waals surface area (Å²) >= 11 is 0. The van der Waals surface area contributed by atoms with Crippen LogP contribution in [0.4, 0.5) is 5.69 Å². The number of nitro benzene ring substituents is 1. The molecular weight excluding hydrogens is 340 g/mol. The lowest BCUT2D eigenvalue weighted by Crippen LogP contribution is -2.44. The molecule has 1 amide bonds. The van der Waals surface area contributed by atoms with Gasteiger partial charge in [0.25, 0.3) is 5.91 Å². The van der Waals surface area contributed by atoms with Crippen molar-refractivity contribution in [1.82, 2.24) is 4.90 Å². The van der Waals surface area contributed by atoms with Crippen molar-refractivity contribution in [3.63, 3.8) is 0 Å². The third-order valence-electron chi connectivity index (χ3n) is 4.24. The molecular formula is C18H24N2O6. The minimum atomic E-state index is -0.775. The Morgan fingerprint density at radius 1 is 1.27 bits per heavy atom. The highest BCUT2D eigenvalue weighted by Crippen LogP contribution is 2.28. The second kappa shape index (κ2) is 8.64. The third kappa shape index (κ3) is 4.93. The first-order valence-corrected chi connectivity index (χ1v) is 8.68. The number of likely N-dealkylation sites (tertiary alicyclic amines) is 1. The Morgan fingerprint density at radius 2 is 1.92 bits per heavy atom. The van der Waals surface area contributed by atoms with E-state index in [1.165, 1.54) is 12.1 Å². The average Bonchev–Trinajstić information content (AvgIpc) is 2.58. The van der Waals surface area contributed by atoms with Crippen LogP contribution >= 0.6 is 0 Å². The number of nitrogens with zero attached hydrogens (tertiary/aromatic N) is 2. The molecule has 8 heteroatoms. The lowest BCUT2D eigenvalue weighted by molar-refractivity contribution is -0.385. The summed E-state index contributed by atoms with van der Waals surface area (Å²) in [6.45, 7) is 7.07. The van der Waals surface area contributed by atoms with Crippen molar-refractivity contribution in [2.45, 2.75) is 27.2 Å². The smallest absolute Gasteiger partial charge is 0.338 e. The highest BCUT2D eigenvalue weighted by Gasteiger charge is 2.26. The van der Waals surface area contributed by atoms with Crippen molar-refractivity contribution in [3.05, 3.63) is 33.9 Å². The summed E-state index contributed by atoms with van der Waals surface area (Å²) in [4.78, 5) is 36.6. The zero-order valence-corrected chi connectivity index (χ0v) is 15.3. The van der Waals surface area contributed by atoms with E-state index in [1.807, 2.05) is 0 Å². The minimum absolute atomic E-state index is 0.00772. The van der Waals surface area contributed by atoms with E-state index in [2.05, 4.69) is 13.8 Å². The summed E-state index contributed by atoms with van der Waals surface area (Å²) in [5, 5.41) is 11.1. The van der Waals surface area contributed by atoms with E-state index in [0.717, 1.165) is 12.5 Å². The topological polar surface area (TPSA) is 99.0 Å². The molecule has 1 saturated heterocycles. The molecule has 1 aromatic carbocycles. The van der Waals surface area contributed by atoms with E-state index in [1.54, 1.807) is 11.8 Å². The van der Waals surface area contributed by atoms with Crippen molar-refractivity contribution in [2.24, 2.45) is 11.8 Å². The molecule has 8 nitrogen and oxygen atoms in total. The summed E-state index contributed by atoms with van der Waals surface area (Å²) in [6.07, 6.45) is 1.07. The highest BCUT2D eigenvalue weighted by atomic mass is 16.6. The molecule has 0 unspecified atom stereocenters. The number of hydrogen-bond acceptors (Lipinski definition) is 6. The largest absolute Gasteiger partial charge is 0.487 e. The van der Waals surface area contributed by atoms with Gasteiger partial charge in [-0.25, -0.2) is 4.79 Å². The summed E-state index contributed by atoms with van der Waals surface area (Å²) in [6, 6.07) is 3.84. The van der Waals surface area contributed by atoms with Gasteiger partial charge in [-0.2, -0.15) is 0 Å². The van der Waals surface area contributed by atoms with Gasteiger partial charge in [0.1, 0.15) is 0 Å². The van der Waals surface area contributed by atoms with Gasteiger partial charge < -0.3 is 14.4 Å². The van der Waals surface area contributed by atoms with Crippen LogP contribution in [0.5, 0.6) is 5.75 Å². The summed E-state index contributed by atoms with van der Waals surface area (Å²) in [7, 11) is 0. The fraction of sp³-hybridized carbons (Fsp3) is 0.556. The SMILES string of the molecule is CCOc1ccc(C(=O)OCC(=O)N2C[C@H](C)C[C@H](C)C2)cc1[N+](=O)[O-]. The molecule has 26 heavy (non-hydrogen) atoms. The number of rotatable bonds is 6. The number of carbonyl (C=O) groups is 2. The van der Waals surface area contributed by atoms with Gasteiger partial charge in [0.05, 0.1) is 17.1 Å². The van der Waals surface area contributed by atoms with E-state index in [4.69, 9.17) is 9.47 Å². The number of ether oxygens (including phenoxy) is 2. The fourth-order valence-corrected chi connectivity index (χ4v) is 3.23. The second-order valence-corrected chi connectivity index (χ2v) is 6.69. The van der Waals surface area contributed by atoms with Crippen molar-refractivity contribution in [2.75, 3.05) is 26.3 Å². The summed E-state index contributed by atoms with van der Waals surface area (Å²) in [5.41, 5.74) is -0.306. The number of benzene rings is 1. The first kappa shape index (κ1) is 19.7. The molecule has 1 fully saturated rings. The van der Waals surface area contributed by atoms with Crippen LogP contribution < -0.4 is 4.74 Å². The zero-order chi connectivity index (χ0) is 19.3. The van der Waals surface area contributed by atoms with Crippen LogP contribution in [0.15, 0.2) is 18.2 Å². The Balaban J connectivity index is 2.00. The Bertz CT molecular complexity index is 680. The van der Waals surface area contributed by atoms with Gasteiger partial charge in [-0.05, 0) is 37.3 Å². The van der Waals surface area contributed by atoms with Crippen LogP contribution in [0.1, 0.15) is 37.6 Å². The maximum absolute atomic E-state index is 12.3. The molecule has 2 rings (SSSR count). The van der Waals surface area contributed by atoms with Gasteiger partial charge >= 0.3 is 11.7 Å². The molecule has 0 aliphatic carbocycles. The molecule has 0 bridgehead atoms. The molecule has 0 radical (unpaired) electrons. The van der Waals surface area contributed by atoms with Crippen LogP contribution in [0.2, 0.25) is 0 Å². The van der Waals surface area contributed by atoms with Gasteiger partial charge in [-0.3, -0.25) is 14.9 Å². The molecule has 1 aliphatic heterocycles. The number of esters is 1. The number of hydrogen-bond donors (Lipinski definition) is 0. The highest BCUT2D eigenvalue weighted by molar-refractivity contribution is 5.92. The van der Waals surface area contributed by atoms with E-state index < -0.39 is 10.9 Å². The maximum atomic E-state index is 12.3. The summed E-state index contributed by atoms with van der Waals surface area (Å²) in [5.74, 6) is -0.125.